The molecule has 4 heterocycles. The predicted molar refractivity (Wildman–Crippen MR) is 127 cm³/mol. The molecule has 5 aromatic rings. The van der Waals surface area contributed by atoms with Crippen molar-refractivity contribution in [3.8, 4) is 28.3 Å². The number of aryl methyl sites for hydroxylation is 1. The molecular weight excluding hydrogens is 416 g/mol. The van der Waals surface area contributed by atoms with Crippen molar-refractivity contribution in [2.45, 2.75) is 0 Å². The summed E-state index contributed by atoms with van der Waals surface area (Å²) in [5.41, 5.74) is 10.6. The smallest absolute Gasteiger partial charge is 0.274 e. The highest BCUT2D eigenvalue weighted by molar-refractivity contribution is 6.04. The third-order valence-corrected chi connectivity index (χ3v) is 5.63. The van der Waals surface area contributed by atoms with Crippen molar-refractivity contribution in [1.29, 1.82) is 5.26 Å². The van der Waals surface area contributed by atoms with Gasteiger partial charge >= 0.3 is 0 Å². The number of rotatable bonds is 4. The van der Waals surface area contributed by atoms with Crippen LogP contribution in [0.4, 0.5) is 0 Å². The van der Waals surface area contributed by atoms with Crippen molar-refractivity contribution in [2.24, 2.45) is 12.8 Å². The molecule has 33 heavy (non-hydrogen) atoms. The van der Waals surface area contributed by atoms with Crippen molar-refractivity contribution in [2.75, 3.05) is 0 Å². The Morgan fingerprint density at radius 3 is 2.79 bits per heavy atom. The zero-order valence-electron chi connectivity index (χ0n) is 17.6. The largest absolute Gasteiger partial charge is 0.365 e. The molecule has 1 amide bonds. The molecule has 1 aromatic carbocycles. The number of aromatic amines is 2. The third-order valence-electron chi connectivity index (χ3n) is 5.63. The first-order valence-electron chi connectivity index (χ1n) is 10.1. The quantitative estimate of drug-likeness (QED) is 0.295. The van der Waals surface area contributed by atoms with E-state index in [0.29, 0.717) is 11.1 Å². The van der Waals surface area contributed by atoms with Crippen molar-refractivity contribution in [3.05, 3.63) is 82.7 Å². The summed E-state index contributed by atoms with van der Waals surface area (Å²) >= 11 is 0. The fraction of sp³-hybridized carbons (Fsp3) is 0.0400. The van der Waals surface area contributed by atoms with E-state index in [1.807, 2.05) is 48.8 Å². The van der Waals surface area contributed by atoms with Gasteiger partial charge < -0.3 is 20.3 Å². The number of nitrogens with zero attached hydrogens (tertiary/aromatic N) is 3. The summed E-state index contributed by atoms with van der Waals surface area (Å²) in [6, 6.07) is 13.2. The molecule has 5 rings (SSSR count). The molecule has 4 aromatic heterocycles. The van der Waals surface area contributed by atoms with Crippen LogP contribution < -0.4 is 11.3 Å². The molecule has 0 aliphatic carbocycles. The molecule has 0 spiro atoms. The Kier molecular flexibility index (Phi) is 4.65. The fourth-order valence-electron chi connectivity index (χ4n) is 4.00. The van der Waals surface area contributed by atoms with Gasteiger partial charge in [-0.2, -0.15) is 5.26 Å². The Bertz CT molecular complexity index is 1690. The van der Waals surface area contributed by atoms with Crippen LogP contribution in [0.1, 0.15) is 5.56 Å². The Morgan fingerprint density at radius 1 is 1.15 bits per heavy atom. The van der Waals surface area contributed by atoms with Gasteiger partial charge in [-0.15, -0.1) is 0 Å². The lowest BCUT2D eigenvalue weighted by Gasteiger charge is -2.07. The van der Waals surface area contributed by atoms with E-state index in [4.69, 9.17) is 11.0 Å². The molecule has 0 aliphatic heterocycles. The normalized spacial score (nSPS) is 11.7. The molecule has 0 fully saturated rings. The number of primary amides is 1. The average molecular weight is 434 g/mol. The minimum atomic E-state index is -0.767. The van der Waals surface area contributed by atoms with Crippen LogP contribution in [-0.4, -0.2) is 25.4 Å². The number of nitrogens with one attached hydrogen (secondary N) is 2. The first-order valence-corrected chi connectivity index (χ1v) is 10.1. The molecule has 0 atom stereocenters. The topological polar surface area (TPSA) is 133 Å². The number of nitrogens with two attached hydrogens (primary N) is 1. The molecule has 0 radical (unpaired) electrons. The van der Waals surface area contributed by atoms with Gasteiger partial charge in [-0.3, -0.25) is 9.59 Å². The van der Waals surface area contributed by atoms with Crippen LogP contribution in [0.3, 0.4) is 0 Å². The second kappa shape index (κ2) is 7.66. The lowest BCUT2D eigenvalue weighted by atomic mass is 10.00. The summed E-state index contributed by atoms with van der Waals surface area (Å²) in [6.45, 7) is 0. The summed E-state index contributed by atoms with van der Waals surface area (Å²) < 4.78 is 1.56. The minimum Gasteiger partial charge on any atom is -0.365 e. The van der Waals surface area contributed by atoms with Crippen molar-refractivity contribution < 1.29 is 4.79 Å². The van der Waals surface area contributed by atoms with E-state index < -0.39 is 5.91 Å². The van der Waals surface area contributed by atoms with E-state index in [1.54, 1.807) is 30.1 Å². The lowest BCUT2D eigenvalue weighted by Crippen LogP contribution is -2.16. The van der Waals surface area contributed by atoms with Crippen LogP contribution >= 0.6 is 0 Å². The SMILES string of the molecule is Cn1cc(-c2c[nH]c3ncc(-c4cccc(C=C(C#N)C(N)=O)c4)cc23)c2cc[nH]c2c1=O. The number of carbonyl (C=O) groups excluding carboxylic acids is 1. The molecule has 0 unspecified atom stereocenters. The second-order valence-electron chi connectivity index (χ2n) is 7.71. The van der Waals surface area contributed by atoms with Crippen molar-refractivity contribution in [3.63, 3.8) is 0 Å². The highest BCUT2D eigenvalue weighted by Gasteiger charge is 2.15. The van der Waals surface area contributed by atoms with Gasteiger partial charge in [0.15, 0.2) is 0 Å². The van der Waals surface area contributed by atoms with Crippen LogP contribution in [0.25, 0.3) is 50.3 Å². The maximum atomic E-state index is 12.4. The fourth-order valence-corrected chi connectivity index (χ4v) is 4.00. The number of aromatic nitrogens is 4. The summed E-state index contributed by atoms with van der Waals surface area (Å²) in [6.07, 6.45) is 8.70. The van der Waals surface area contributed by atoms with Crippen LogP contribution in [0.5, 0.6) is 0 Å². The molecule has 8 heteroatoms. The van der Waals surface area contributed by atoms with Crippen LogP contribution in [0, 0.1) is 11.3 Å². The van der Waals surface area contributed by atoms with E-state index in [-0.39, 0.29) is 11.1 Å². The molecule has 8 nitrogen and oxygen atoms in total. The Labute approximate surface area is 187 Å². The summed E-state index contributed by atoms with van der Waals surface area (Å²) in [5.74, 6) is -0.767. The number of H-pyrrole nitrogens is 2. The number of hydrogen-bond donors (Lipinski definition) is 3. The van der Waals surface area contributed by atoms with Gasteiger partial charge in [0.1, 0.15) is 22.8 Å². The first-order chi connectivity index (χ1) is 16.0. The van der Waals surface area contributed by atoms with E-state index in [1.165, 1.54) is 6.08 Å². The predicted octanol–water partition coefficient (Wildman–Crippen LogP) is 3.47. The van der Waals surface area contributed by atoms with Crippen LogP contribution in [-0.2, 0) is 11.8 Å². The standard InChI is InChI=1S/C25H18N6O2/c1-31-13-21(18-5-6-28-22(18)25(31)33)20-12-30-24-19(20)9-17(11-29-24)15-4-2-3-14(7-15)8-16(10-26)23(27)32/h2-9,11-13,28H,1H3,(H2,27,32)(H,29,30). The molecular formula is C25H18N6O2. The van der Waals surface area contributed by atoms with E-state index in [0.717, 1.165) is 38.7 Å². The number of benzene rings is 1. The summed E-state index contributed by atoms with van der Waals surface area (Å²) in [5, 5.41) is 10.9. The van der Waals surface area contributed by atoms with Crippen LogP contribution in [0.2, 0.25) is 0 Å². The van der Waals surface area contributed by atoms with E-state index >= 15 is 0 Å². The Morgan fingerprint density at radius 2 is 2.00 bits per heavy atom. The van der Waals surface area contributed by atoms with Gasteiger partial charge in [-0.1, -0.05) is 18.2 Å². The molecule has 0 bridgehead atoms. The molecule has 0 aliphatic rings. The Hall–Kier alpha value is -4.90. The summed E-state index contributed by atoms with van der Waals surface area (Å²) in [7, 11) is 1.73. The van der Waals surface area contributed by atoms with Gasteiger partial charge in [0, 0.05) is 59.3 Å². The zero-order chi connectivity index (χ0) is 23.1. The number of nitriles is 1. The zero-order valence-corrected chi connectivity index (χ0v) is 17.6. The number of hydrogen-bond acceptors (Lipinski definition) is 4. The van der Waals surface area contributed by atoms with Gasteiger partial charge in [0.25, 0.3) is 11.5 Å². The highest BCUT2D eigenvalue weighted by Crippen LogP contribution is 2.34. The average Bonchev–Trinajstić information content (AvgIpc) is 3.47. The molecule has 4 N–H and O–H groups in total. The number of carbonyl (C=O) groups is 1. The van der Waals surface area contributed by atoms with E-state index in [2.05, 4.69) is 15.0 Å². The molecule has 0 saturated carbocycles. The lowest BCUT2D eigenvalue weighted by molar-refractivity contribution is -0.114. The molecule has 0 saturated heterocycles. The maximum Gasteiger partial charge on any atom is 0.274 e. The minimum absolute atomic E-state index is 0.0880. The van der Waals surface area contributed by atoms with Gasteiger partial charge in [0.2, 0.25) is 0 Å². The van der Waals surface area contributed by atoms with E-state index in [9.17, 15) is 9.59 Å². The molecule has 160 valence electrons. The van der Waals surface area contributed by atoms with Crippen molar-refractivity contribution in [1.82, 2.24) is 19.5 Å². The Balaban J connectivity index is 1.66. The monoisotopic (exact) mass is 434 g/mol. The van der Waals surface area contributed by atoms with Gasteiger partial charge in [0.05, 0.1) is 0 Å². The summed E-state index contributed by atoms with van der Waals surface area (Å²) in [4.78, 5) is 34.6. The first kappa shape index (κ1) is 20.0. The number of amides is 1. The van der Waals surface area contributed by atoms with Gasteiger partial charge in [-0.05, 0) is 35.4 Å². The number of pyridine rings is 2. The van der Waals surface area contributed by atoms with Crippen molar-refractivity contribution >= 4 is 33.9 Å². The maximum absolute atomic E-state index is 12.4. The van der Waals surface area contributed by atoms with Gasteiger partial charge in [-0.25, -0.2) is 4.98 Å². The third kappa shape index (κ3) is 3.38. The number of fused-ring (bicyclic) bond motifs is 2. The van der Waals surface area contributed by atoms with Crippen LogP contribution in [0.15, 0.2) is 71.6 Å². The second-order valence-corrected chi connectivity index (χ2v) is 7.71. The highest BCUT2D eigenvalue weighted by atomic mass is 16.1.